The van der Waals surface area contributed by atoms with Crippen LogP contribution in [0.3, 0.4) is 0 Å². The van der Waals surface area contributed by atoms with E-state index in [1.807, 2.05) is 36.7 Å². The van der Waals surface area contributed by atoms with Crippen molar-refractivity contribution in [2.24, 2.45) is 0 Å². The second-order valence-corrected chi connectivity index (χ2v) is 31.6. The standard InChI is InChI=1S/C52H38N4.C27H23N.C26H17BrN2/c1-52(2)46-18-10-9-17-42(46)43-28-25-41(34-47(43)52)55(39-23-20-35(21-24-39)48-19-11-12-31-53-48)40-26-29-49-45(33-40)44-27-22-36-30-32-54(37-13-5-3-6-14-37)50(36)51(44)56(49)38-15-7-4-8-16-38;1-27(2)24-8-4-3-7-22(24)23-15-12-20(18-25(23)27)17-19-10-13-21(14-11-19)26-9-5-6-16-28-26;27-19-12-14-24-23(17-19)22-13-11-18-15-16-28(20-7-3-1-4-8-20)25(18)26(22)29(24)21-9-5-2-6-10-21/h3-34H,1-2H3;3-16,18H,17H2,1-2H3;1-17H. The van der Waals surface area contributed by atoms with Gasteiger partial charge in [0, 0.05) is 123 Å². The Bertz CT molecular complexity index is 6980. The maximum Gasteiger partial charge on any atom is 0.0788 e. The number of hydrogen-bond donors (Lipinski definition) is 0. The maximum absolute atomic E-state index is 4.63. The molecule has 0 atom stereocenters. The van der Waals surface area contributed by atoms with Crippen LogP contribution in [-0.4, -0.2) is 28.2 Å². The molecule has 8 heteroatoms. The average Bonchev–Trinajstić information content (AvgIpc) is 1.37. The Balaban J connectivity index is 0.000000122. The molecule has 0 saturated heterocycles. The highest BCUT2D eigenvalue weighted by Crippen LogP contribution is 2.53. The molecule has 0 radical (unpaired) electrons. The molecule has 113 heavy (non-hydrogen) atoms. The number of fused-ring (bicyclic) bond motifs is 16. The molecule has 6 aromatic heterocycles. The monoisotopic (exact) mass is 1520 g/mol. The van der Waals surface area contributed by atoms with Crippen molar-refractivity contribution in [3.05, 3.63) is 427 Å². The SMILES string of the molecule is Brc1ccc2c(c1)c1ccc3ccn(-c4ccccc4)c3c1n2-c1ccccc1.CC1(C)c2ccccc2-c2ccc(Cc3ccc(-c4ccccn4)cc3)cc21.CC1(C)c2ccccc2-c2ccc(N(c3ccc(-c4ccccn4)cc3)c3ccc4c(c3)c3ccc5ccn(-c6ccccc6)c5c3n4-c3ccccc3)cc21. The first-order chi connectivity index (χ1) is 55.5. The largest absolute Gasteiger partial charge is 0.315 e. The predicted molar refractivity (Wildman–Crippen MR) is 475 cm³/mol. The van der Waals surface area contributed by atoms with E-state index in [4.69, 9.17) is 0 Å². The number of aromatic nitrogens is 6. The molecule has 0 spiro atoms. The van der Waals surface area contributed by atoms with Gasteiger partial charge in [0.15, 0.2) is 0 Å². The summed E-state index contributed by atoms with van der Waals surface area (Å²) in [4.78, 5) is 11.5. The first kappa shape index (κ1) is 68.6. The molecule has 2 aliphatic rings. The van der Waals surface area contributed by atoms with Crippen molar-refractivity contribution in [3.8, 4) is 67.5 Å². The molecule has 6 heterocycles. The summed E-state index contributed by atoms with van der Waals surface area (Å²) in [6, 6.07) is 131. The van der Waals surface area contributed by atoms with Gasteiger partial charge in [-0.1, -0.05) is 262 Å². The van der Waals surface area contributed by atoms with Crippen molar-refractivity contribution >= 4 is 98.4 Å². The van der Waals surface area contributed by atoms with E-state index in [0.717, 1.165) is 61.8 Å². The lowest BCUT2D eigenvalue weighted by atomic mass is 9.81. The van der Waals surface area contributed by atoms with Crippen molar-refractivity contribution in [2.45, 2.75) is 44.9 Å². The summed E-state index contributed by atoms with van der Waals surface area (Å²) in [6.07, 6.45) is 9.01. The van der Waals surface area contributed by atoms with E-state index in [1.54, 1.807) is 0 Å². The topological polar surface area (TPSA) is 48.7 Å². The Morgan fingerprint density at radius 1 is 0.301 bits per heavy atom. The van der Waals surface area contributed by atoms with E-state index in [-0.39, 0.29) is 10.8 Å². The van der Waals surface area contributed by atoms with E-state index in [0.29, 0.717) is 0 Å². The van der Waals surface area contributed by atoms with E-state index in [2.05, 4.69) is 429 Å². The quantitative estimate of drug-likeness (QED) is 0.130. The molecule has 7 nitrogen and oxygen atoms in total. The first-order valence-electron chi connectivity index (χ1n) is 38.8. The maximum atomic E-state index is 4.63. The summed E-state index contributed by atoms with van der Waals surface area (Å²) >= 11 is 3.66. The Hall–Kier alpha value is -13.7. The lowest BCUT2D eigenvalue weighted by Crippen LogP contribution is -2.16. The van der Waals surface area contributed by atoms with Crippen LogP contribution in [0.5, 0.6) is 0 Å². The zero-order chi connectivity index (χ0) is 75.9. The molecule has 20 aromatic rings. The van der Waals surface area contributed by atoms with Crippen LogP contribution >= 0.6 is 15.9 Å². The van der Waals surface area contributed by atoms with E-state index >= 15 is 0 Å². The Morgan fingerprint density at radius 3 is 1.22 bits per heavy atom. The summed E-state index contributed by atoms with van der Waals surface area (Å²) in [6.45, 7) is 9.38. The normalized spacial score (nSPS) is 12.8. The third-order valence-corrected chi connectivity index (χ3v) is 23.8. The highest BCUT2D eigenvalue weighted by molar-refractivity contribution is 9.10. The van der Waals surface area contributed by atoms with Crippen molar-refractivity contribution < 1.29 is 0 Å². The molecule has 0 saturated carbocycles. The average molecular weight is 1520 g/mol. The van der Waals surface area contributed by atoms with Gasteiger partial charge in [-0.05, 0) is 208 Å². The van der Waals surface area contributed by atoms with Gasteiger partial charge in [-0.25, -0.2) is 0 Å². The second kappa shape index (κ2) is 28.0. The van der Waals surface area contributed by atoms with Crippen molar-refractivity contribution in [2.75, 3.05) is 4.90 Å². The minimum atomic E-state index is -0.122. The van der Waals surface area contributed by atoms with Gasteiger partial charge in [0.25, 0.3) is 0 Å². The molecule has 0 amide bonds. The molecule has 0 aliphatic heterocycles. The third-order valence-electron chi connectivity index (χ3n) is 23.3. The molecule has 0 unspecified atom stereocenters. The number of anilines is 3. The molecule has 2 aliphatic carbocycles. The van der Waals surface area contributed by atoms with Crippen LogP contribution in [0, 0.1) is 0 Å². The van der Waals surface area contributed by atoms with Gasteiger partial charge in [0.1, 0.15) is 0 Å². The Labute approximate surface area is 666 Å². The minimum absolute atomic E-state index is 0.0603. The molecular weight excluding hydrogens is 1440 g/mol. The molecule has 0 fully saturated rings. The first-order valence-corrected chi connectivity index (χ1v) is 39.6. The number of halogens is 1. The fraction of sp³-hybridized carbons (Fsp3) is 0.0667. The Kier molecular flexibility index (Phi) is 17.0. The lowest BCUT2D eigenvalue weighted by Gasteiger charge is -2.28. The third kappa shape index (κ3) is 12.0. The van der Waals surface area contributed by atoms with Crippen LogP contribution in [0.1, 0.15) is 61.1 Å². The molecule has 0 bridgehead atoms. The van der Waals surface area contributed by atoms with Crippen LogP contribution in [-0.2, 0) is 17.3 Å². The van der Waals surface area contributed by atoms with E-state index < -0.39 is 0 Å². The second-order valence-electron chi connectivity index (χ2n) is 30.7. The van der Waals surface area contributed by atoms with Crippen molar-refractivity contribution in [3.63, 3.8) is 0 Å². The molecule has 0 N–H and O–H groups in total. The zero-order valence-electron chi connectivity index (χ0n) is 63.2. The van der Waals surface area contributed by atoms with Gasteiger partial charge in [0.05, 0.1) is 44.5 Å². The van der Waals surface area contributed by atoms with Crippen LogP contribution in [0.25, 0.3) is 133 Å². The van der Waals surface area contributed by atoms with Crippen LogP contribution < -0.4 is 4.90 Å². The summed E-state index contributed by atoms with van der Waals surface area (Å²) in [5.74, 6) is 0. The number of benzene rings is 14. The number of hydrogen-bond acceptors (Lipinski definition) is 3. The number of rotatable bonds is 11. The lowest BCUT2D eigenvalue weighted by molar-refractivity contribution is 0.659. The van der Waals surface area contributed by atoms with Gasteiger partial charge in [-0.3, -0.25) is 9.97 Å². The van der Waals surface area contributed by atoms with Crippen LogP contribution in [0.15, 0.2) is 393 Å². The number of pyridine rings is 2. The summed E-state index contributed by atoms with van der Waals surface area (Å²) in [7, 11) is 0. The number of para-hydroxylation sites is 4. The minimum Gasteiger partial charge on any atom is -0.315 e. The van der Waals surface area contributed by atoms with Crippen LogP contribution in [0.2, 0.25) is 0 Å². The summed E-state index contributed by atoms with van der Waals surface area (Å²) in [5.41, 5.74) is 33.0. The summed E-state index contributed by atoms with van der Waals surface area (Å²) in [5, 5.41) is 7.37. The molecule has 22 rings (SSSR count). The smallest absolute Gasteiger partial charge is 0.0788 e. The van der Waals surface area contributed by atoms with E-state index in [1.165, 1.54) is 132 Å². The Morgan fingerprint density at radius 2 is 0.708 bits per heavy atom. The van der Waals surface area contributed by atoms with Gasteiger partial charge in [0.2, 0.25) is 0 Å². The molecular formula is C105H78BrN7. The summed E-state index contributed by atoms with van der Waals surface area (Å²) < 4.78 is 10.5. The van der Waals surface area contributed by atoms with Crippen molar-refractivity contribution in [1.82, 2.24) is 28.2 Å². The fourth-order valence-electron chi connectivity index (χ4n) is 17.9. The highest BCUT2D eigenvalue weighted by Gasteiger charge is 2.37. The van der Waals surface area contributed by atoms with Crippen LogP contribution in [0.4, 0.5) is 17.1 Å². The van der Waals surface area contributed by atoms with Gasteiger partial charge in [-0.2, -0.15) is 0 Å². The van der Waals surface area contributed by atoms with E-state index in [9.17, 15) is 0 Å². The zero-order valence-corrected chi connectivity index (χ0v) is 64.8. The predicted octanol–water partition coefficient (Wildman–Crippen LogP) is 27.7. The van der Waals surface area contributed by atoms with Gasteiger partial charge < -0.3 is 23.2 Å². The number of nitrogens with zero attached hydrogens (tertiary/aromatic N) is 7. The van der Waals surface area contributed by atoms with Gasteiger partial charge in [-0.15, -0.1) is 0 Å². The van der Waals surface area contributed by atoms with Gasteiger partial charge >= 0.3 is 0 Å². The highest BCUT2D eigenvalue weighted by atomic mass is 79.9. The van der Waals surface area contributed by atoms with Crippen molar-refractivity contribution in [1.29, 1.82) is 0 Å². The fourth-order valence-corrected chi connectivity index (χ4v) is 18.2. The molecule has 14 aromatic carbocycles. The molecule has 540 valence electrons.